The number of aryl methyl sites for hydroxylation is 1. The third-order valence-corrected chi connectivity index (χ3v) is 5.66. The van der Waals surface area contributed by atoms with Crippen molar-refractivity contribution in [3.8, 4) is 17.3 Å². The van der Waals surface area contributed by atoms with Gasteiger partial charge in [-0.3, -0.25) is 4.79 Å². The Morgan fingerprint density at radius 2 is 2.00 bits per heavy atom. The molecule has 0 atom stereocenters. The Morgan fingerprint density at radius 3 is 2.61 bits per heavy atom. The molecule has 118 valence electrons. The van der Waals surface area contributed by atoms with Crippen LogP contribution < -0.4 is 5.32 Å². The highest BCUT2D eigenvalue weighted by atomic mass is 79.9. The lowest BCUT2D eigenvalue weighted by Crippen LogP contribution is -2.32. The van der Waals surface area contributed by atoms with Gasteiger partial charge in [-0.15, -0.1) is 11.3 Å². The van der Waals surface area contributed by atoms with Crippen molar-refractivity contribution in [3.05, 3.63) is 33.6 Å². The SMILES string of the molecule is Cc1sc(NC(=O)C2(C#N)CCCC2)nc1-c1ccc(Br)cc1. The number of anilines is 1. The van der Waals surface area contributed by atoms with Crippen LogP contribution in [-0.4, -0.2) is 10.9 Å². The summed E-state index contributed by atoms with van der Waals surface area (Å²) in [6.07, 6.45) is 3.14. The lowest BCUT2D eigenvalue weighted by Gasteiger charge is -2.17. The number of rotatable bonds is 3. The highest BCUT2D eigenvalue weighted by Crippen LogP contribution is 2.39. The average Bonchev–Trinajstić information content (AvgIpc) is 3.16. The summed E-state index contributed by atoms with van der Waals surface area (Å²) in [5, 5.41) is 12.8. The number of carbonyl (C=O) groups is 1. The van der Waals surface area contributed by atoms with Crippen LogP contribution in [0.3, 0.4) is 0 Å². The largest absolute Gasteiger partial charge is 0.301 e. The fourth-order valence-electron chi connectivity index (χ4n) is 2.91. The predicted octanol–water partition coefficient (Wildman–Crippen LogP) is 4.90. The molecule has 0 aliphatic heterocycles. The number of aromatic nitrogens is 1. The Kier molecular flexibility index (Phi) is 4.51. The number of hydrogen-bond acceptors (Lipinski definition) is 4. The summed E-state index contributed by atoms with van der Waals surface area (Å²) < 4.78 is 1.01. The first kappa shape index (κ1) is 16.2. The van der Waals surface area contributed by atoms with Gasteiger partial charge in [0.2, 0.25) is 5.91 Å². The van der Waals surface area contributed by atoms with Crippen LogP contribution in [0.5, 0.6) is 0 Å². The fourth-order valence-corrected chi connectivity index (χ4v) is 4.01. The monoisotopic (exact) mass is 389 g/mol. The van der Waals surface area contributed by atoms with Gasteiger partial charge in [0.1, 0.15) is 5.41 Å². The van der Waals surface area contributed by atoms with E-state index in [9.17, 15) is 10.1 Å². The third kappa shape index (κ3) is 3.17. The second kappa shape index (κ2) is 6.42. The van der Waals surface area contributed by atoms with Crippen molar-refractivity contribution in [3.63, 3.8) is 0 Å². The number of benzene rings is 1. The van der Waals surface area contributed by atoms with E-state index in [1.807, 2.05) is 31.2 Å². The van der Waals surface area contributed by atoms with Crippen molar-refractivity contribution < 1.29 is 4.79 Å². The number of hydrogen-bond donors (Lipinski definition) is 1. The van der Waals surface area contributed by atoms with E-state index in [4.69, 9.17) is 0 Å². The van der Waals surface area contributed by atoms with Crippen molar-refractivity contribution in [2.75, 3.05) is 5.32 Å². The fraction of sp³-hybridized carbons (Fsp3) is 0.353. The van der Waals surface area contributed by atoms with Gasteiger partial charge in [-0.1, -0.05) is 40.9 Å². The van der Waals surface area contributed by atoms with Gasteiger partial charge in [-0.2, -0.15) is 5.26 Å². The highest BCUT2D eigenvalue weighted by Gasteiger charge is 2.41. The molecule has 1 N–H and O–H groups in total. The first-order valence-corrected chi connectivity index (χ1v) is 9.11. The molecule has 1 amide bonds. The van der Waals surface area contributed by atoms with Crippen molar-refractivity contribution in [2.24, 2.45) is 5.41 Å². The minimum Gasteiger partial charge on any atom is -0.301 e. The molecule has 1 aliphatic carbocycles. The Bertz CT molecular complexity index is 770. The molecule has 1 fully saturated rings. The topological polar surface area (TPSA) is 65.8 Å². The molecule has 0 spiro atoms. The molecule has 1 aliphatic rings. The van der Waals surface area contributed by atoms with Crippen molar-refractivity contribution in [2.45, 2.75) is 32.6 Å². The minimum absolute atomic E-state index is 0.214. The molecule has 6 heteroatoms. The summed E-state index contributed by atoms with van der Waals surface area (Å²) in [6, 6.07) is 10.1. The number of thiazole rings is 1. The zero-order valence-corrected chi connectivity index (χ0v) is 15.1. The maximum absolute atomic E-state index is 12.5. The van der Waals surface area contributed by atoms with Gasteiger partial charge in [-0.05, 0) is 31.9 Å². The van der Waals surface area contributed by atoms with E-state index in [0.717, 1.165) is 33.4 Å². The van der Waals surface area contributed by atoms with Gasteiger partial charge in [0.25, 0.3) is 0 Å². The maximum Gasteiger partial charge on any atom is 0.246 e. The van der Waals surface area contributed by atoms with E-state index >= 15 is 0 Å². The van der Waals surface area contributed by atoms with E-state index in [1.54, 1.807) is 0 Å². The Balaban J connectivity index is 1.82. The number of halogens is 1. The Labute approximate surface area is 147 Å². The van der Waals surface area contributed by atoms with Crippen LogP contribution in [0.1, 0.15) is 30.6 Å². The molecule has 1 aromatic carbocycles. The molecule has 23 heavy (non-hydrogen) atoms. The summed E-state index contributed by atoms with van der Waals surface area (Å²) in [4.78, 5) is 18.1. The van der Waals surface area contributed by atoms with Crippen LogP contribution >= 0.6 is 27.3 Å². The standard InChI is InChI=1S/C17H16BrN3OS/c1-11-14(12-4-6-13(18)7-5-12)20-16(23-11)21-15(22)17(10-19)8-2-3-9-17/h4-7H,2-3,8-9H2,1H3,(H,20,21,22). The van der Waals surface area contributed by atoms with Crippen LogP contribution in [0, 0.1) is 23.7 Å². The van der Waals surface area contributed by atoms with E-state index < -0.39 is 5.41 Å². The molecule has 0 radical (unpaired) electrons. The van der Waals surface area contributed by atoms with Crippen molar-refractivity contribution in [1.29, 1.82) is 5.26 Å². The first-order chi connectivity index (χ1) is 11.0. The van der Waals surface area contributed by atoms with Crippen molar-refractivity contribution >= 4 is 38.3 Å². The molecule has 0 saturated heterocycles. The molecule has 1 heterocycles. The summed E-state index contributed by atoms with van der Waals surface area (Å²) in [6.45, 7) is 1.99. The highest BCUT2D eigenvalue weighted by molar-refractivity contribution is 9.10. The summed E-state index contributed by atoms with van der Waals surface area (Å²) in [5.41, 5.74) is 1.01. The maximum atomic E-state index is 12.5. The molecular weight excluding hydrogens is 374 g/mol. The van der Waals surface area contributed by atoms with Gasteiger partial charge < -0.3 is 5.32 Å². The van der Waals surface area contributed by atoms with E-state index in [0.29, 0.717) is 18.0 Å². The lowest BCUT2D eigenvalue weighted by atomic mass is 9.87. The van der Waals surface area contributed by atoms with Crippen LogP contribution in [0.4, 0.5) is 5.13 Å². The lowest BCUT2D eigenvalue weighted by molar-refractivity contribution is -0.122. The number of nitrogens with zero attached hydrogens (tertiary/aromatic N) is 2. The number of nitrogens with one attached hydrogen (secondary N) is 1. The van der Waals surface area contributed by atoms with Crippen LogP contribution in [0.2, 0.25) is 0 Å². The van der Waals surface area contributed by atoms with Crippen LogP contribution in [0.25, 0.3) is 11.3 Å². The van der Waals surface area contributed by atoms with Gasteiger partial charge in [-0.25, -0.2) is 4.98 Å². The molecule has 3 rings (SSSR count). The summed E-state index contributed by atoms with van der Waals surface area (Å²) in [7, 11) is 0. The van der Waals surface area contributed by atoms with E-state index in [1.165, 1.54) is 11.3 Å². The smallest absolute Gasteiger partial charge is 0.246 e. The number of amides is 1. The summed E-state index contributed by atoms with van der Waals surface area (Å²) >= 11 is 4.87. The van der Waals surface area contributed by atoms with E-state index in [2.05, 4.69) is 32.3 Å². The number of nitriles is 1. The second-order valence-electron chi connectivity index (χ2n) is 5.79. The molecular formula is C17H16BrN3OS. The molecule has 1 saturated carbocycles. The van der Waals surface area contributed by atoms with Gasteiger partial charge >= 0.3 is 0 Å². The molecule has 2 aromatic rings. The molecule has 0 bridgehead atoms. The molecule has 4 nitrogen and oxygen atoms in total. The zero-order chi connectivity index (χ0) is 16.4. The second-order valence-corrected chi connectivity index (χ2v) is 7.90. The first-order valence-electron chi connectivity index (χ1n) is 7.50. The molecule has 1 aromatic heterocycles. The van der Waals surface area contributed by atoms with Crippen LogP contribution in [0.15, 0.2) is 28.7 Å². The normalized spacial score (nSPS) is 16.0. The van der Waals surface area contributed by atoms with Gasteiger partial charge in [0.15, 0.2) is 5.13 Å². The van der Waals surface area contributed by atoms with Gasteiger partial charge in [0.05, 0.1) is 11.8 Å². The zero-order valence-electron chi connectivity index (χ0n) is 12.7. The summed E-state index contributed by atoms with van der Waals surface area (Å²) in [5.74, 6) is -0.214. The Morgan fingerprint density at radius 1 is 1.35 bits per heavy atom. The third-order valence-electron chi connectivity index (χ3n) is 4.24. The Hall–Kier alpha value is -1.71. The van der Waals surface area contributed by atoms with Crippen LogP contribution in [-0.2, 0) is 4.79 Å². The number of carbonyl (C=O) groups excluding carboxylic acids is 1. The van der Waals surface area contributed by atoms with E-state index in [-0.39, 0.29) is 5.91 Å². The average molecular weight is 390 g/mol. The van der Waals surface area contributed by atoms with Gasteiger partial charge in [0, 0.05) is 14.9 Å². The van der Waals surface area contributed by atoms with Crippen molar-refractivity contribution in [1.82, 2.24) is 4.98 Å². The quantitative estimate of drug-likeness (QED) is 0.810. The predicted molar refractivity (Wildman–Crippen MR) is 95.1 cm³/mol. The minimum atomic E-state index is -0.878. The molecule has 0 unspecified atom stereocenters.